The number of hydrogen-bond acceptors (Lipinski definition) is 3. The lowest BCUT2D eigenvalue weighted by molar-refractivity contribution is -0.117. The molecule has 0 saturated carbocycles. The number of likely N-dealkylation sites (tertiary alicyclic amines) is 1. The zero-order chi connectivity index (χ0) is 20.0. The van der Waals surface area contributed by atoms with Gasteiger partial charge in [0.05, 0.1) is 11.1 Å². The molecule has 5 rings (SSSR count). The van der Waals surface area contributed by atoms with Crippen LogP contribution in [0.1, 0.15) is 28.8 Å². The first-order valence-electron chi connectivity index (χ1n) is 10.0. The van der Waals surface area contributed by atoms with Gasteiger partial charge in [0.25, 0.3) is 5.91 Å². The molecule has 5 nitrogen and oxygen atoms in total. The Bertz CT molecular complexity index is 1130. The predicted octanol–water partition coefficient (Wildman–Crippen LogP) is 3.81. The lowest BCUT2D eigenvalue weighted by atomic mass is 9.86. The van der Waals surface area contributed by atoms with Gasteiger partial charge in [0, 0.05) is 48.7 Å². The summed E-state index contributed by atoms with van der Waals surface area (Å²) >= 11 is 0. The van der Waals surface area contributed by atoms with Crippen molar-refractivity contribution in [3.63, 3.8) is 0 Å². The Labute approximate surface area is 170 Å². The second-order valence-electron chi connectivity index (χ2n) is 8.39. The Morgan fingerprint density at radius 1 is 1.07 bits per heavy atom. The summed E-state index contributed by atoms with van der Waals surface area (Å²) in [5, 5.41) is 0.967. The average Bonchev–Trinajstić information content (AvgIpc) is 3.29. The van der Waals surface area contributed by atoms with E-state index in [1.54, 1.807) is 6.20 Å². The minimum atomic E-state index is -0.152. The van der Waals surface area contributed by atoms with Crippen LogP contribution in [0.3, 0.4) is 0 Å². The predicted molar refractivity (Wildman–Crippen MR) is 113 cm³/mol. The maximum absolute atomic E-state index is 13.1. The van der Waals surface area contributed by atoms with Crippen LogP contribution in [0.15, 0.2) is 60.8 Å². The van der Waals surface area contributed by atoms with E-state index in [1.807, 2.05) is 65.3 Å². The average molecular weight is 385 g/mol. The van der Waals surface area contributed by atoms with Crippen LogP contribution in [-0.2, 0) is 4.79 Å². The van der Waals surface area contributed by atoms with Gasteiger partial charge >= 0.3 is 0 Å². The van der Waals surface area contributed by atoms with Crippen molar-refractivity contribution >= 4 is 28.4 Å². The molecule has 1 spiro atoms. The third kappa shape index (κ3) is 3.16. The van der Waals surface area contributed by atoms with Crippen LogP contribution in [-0.4, -0.2) is 41.3 Å². The molecule has 5 heteroatoms. The van der Waals surface area contributed by atoms with Crippen LogP contribution in [0.5, 0.6) is 0 Å². The summed E-state index contributed by atoms with van der Waals surface area (Å²) in [4.78, 5) is 34.0. The molecular formula is C24H23N3O2. The summed E-state index contributed by atoms with van der Waals surface area (Å²) in [7, 11) is 0. The molecule has 1 unspecified atom stereocenters. The van der Waals surface area contributed by atoms with E-state index < -0.39 is 0 Å². The van der Waals surface area contributed by atoms with Gasteiger partial charge in [0.15, 0.2) is 0 Å². The number of amides is 2. The molecule has 0 bridgehead atoms. The van der Waals surface area contributed by atoms with Gasteiger partial charge in [-0.15, -0.1) is 0 Å². The highest BCUT2D eigenvalue weighted by molar-refractivity contribution is 5.99. The Morgan fingerprint density at radius 3 is 2.79 bits per heavy atom. The van der Waals surface area contributed by atoms with Gasteiger partial charge < -0.3 is 9.80 Å². The molecule has 146 valence electrons. The second-order valence-corrected chi connectivity index (χ2v) is 8.39. The molecule has 2 amide bonds. The van der Waals surface area contributed by atoms with Gasteiger partial charge in [0.1, 0.15) is 0 Å². The van der Waals surface area contributed by atoms with E-state index in [2.05, 4.69) is 11.1 Å². The van der Waals surface area contributed by atoms with Crippen molar-refractivity contribution in [2.75, 3.05) is 24.5 Å². The minimum absolute atomic E-state index is 0.00147. The number of aryl methyl sites for hydroxylation is 1. The molecule has 0 radical (unpaired) electrons. The van der Waals surface area contributed by atoms with Crippen LogP contribution in [0, 0.1) is 12.3 Å². The molecule has 2 fully saturated rings. The van der Waals surface area contributed by atoms with Crippen LogP contribution in [0.2, 0.25) is 0 Å². The highest BCUT2D eigenvalue weighted by Crippen LogP contribution is 2.42. The first kappa shape index (κ1) is 17.9. The molecule has 2 saturated heterocycles. The monoisotopic (exact) mass is 385 g/mol. The number of fused-ring (bicyclic) bond motifs is 1. The van der Waals surface area contributed by atoms with E-state index in [4.69, 9.17) is 0 Å². The number of nitrogens with zero attached hydrogens (tertiary/aromatic N) is 3. The lowest BCUT2D eigenvalue weighted by Gasteiger charge is -2.24. The fourth-order valence-electron chi connectivity index (χ4n) is 4.68. The summed E-state index contributed by atoms with van der Waals surface area (Å²) in [5.41, 5.74) is 3.44. The molecule has 29 heavy (non-hydrogen) atoms. The Morgan fingerprint density at radius 2 is 1.93 bits per heavy atom. The summed E-state index contributed by atoms with van der Waals surface area (Å²) in [6, 6.07) is 17.8. The minimum Gasteiger partial charge on any atom is -0.338 e. The van der Waals surface area contributed by atoms with Crippen LogP contribution < -0.4 is 4.90 Å². The van der Waals surface area contributed by atoms with Gasteiger partial charge in [-0.25, -0.2) is 0 Å². The molecule has 3 heterocycles. The largest absolute Gasteiger partial charge is 0.338 e. The number of pyridine rings is 1. The standard InChI is InChI=1S/C24H23N3O2/c1-17-5-4-7-20(11-17)27-16-24(13-22(27)28)9-10-26(15-24)23(29)19-12-18-6-2-3-8-21(18)25-14-19/h2-8,11-12,14H,9-10,13,15-16H2,1H3. The fourth-order valence-corrected chi connectivity index (χ4v) is 4.68. The molecule has 2 aliphatic rings. The lowest BCUT2D eigenvalue weighted by Crippen LogP contribution is -2.34. The van der Waals surface area contributed by atoms with Crippen molar-refractivity contribution in [2.45, 2.75) is 19.8 Å². The molecule has 1 aromatic heterocycles. The Kier molecular flexibility index (Phi) is 4.12. The third-order valence-corrected chi connectivity index (χ3v) is 6.20. The summed E-state index contributed by atoms with van der Waals surface area (Å²) in [6.45, 7) is 4.01. The maximum atomic E-state index is 13.1. The highest BCUT2D eigenvalue weighted by atomic mass is 16.2. The molecule has 3 aromatic rings. The number of aromatic nitrogens is 1. The number of hydrogen-bond donors (Lipinski definition) is 0. The number of rotatable bonds is 2. The number of carbonyl (C=O) groups excluding carboxylic acids is 2. The van der Waals surface area contributed by atoms with Crippen molar-refractivity contribution in [3.05, 3.63) is 71.9 Å². The maximum Gasteiger partial charge on any atom is 0.255 e. The van der Waals surface area contributed by atoms with Crippen LogP contribution in [0.25, 0.3) is 10.9 Å². The smallest absolute Gasteiger partial charge is 0.255 e. The topological polar surface area (TPSA) is 53.5 Å². The Hall–Kier alpha value is -3.21. The normalized spacial score (nSPS) is 21.5. The van der Waals surface area contributed by atoms with Gasteiger partial charge in [-0.05, 0) is 43.2 Å². The van der Waals surface area contributed by atoms with Crippen molar-refractivity contribution in [3.8, 4) is 0 Å². The van der Waals surface area contributed by atoms with Gasteiger partial charge in [0.2, 0.25) is 5.91 Å². The number of para-hydroxylation sites is 1. The number of carbonyl (C=O) groups is 2. The summed E-state index contributed by atoms with van der Waals surface area (Å²) in [5.74, 6) is 0.152. The van der Waals surface area contributed by atoms with Gasteiger partial charge in [-0.1, -0.05) is 30.3 Å². The fraction of sp³-hybridized carbons (Fsp3) is 0.292. The van der Waals surface area contributed by atoms with E-state index in [0.29, 0.717) is 31.6 Å². The second kappa shape index (κ2) is 6.69. The van der Waals surface area contributed by atoms with E-state index in [0.717, 1.165) is 28.6 Å². The first-order chi connectivity index (χ1) is 14.0. The number of anilines is 1. The molecule has 1 atom stereocenters. The Balaban J connectivity index is 1.35. The third-order valence-electron chi connectivity index (χ3n) is 6.20. The van der Waals surface area contributed by atoms with E-state index in [1.165, 1.54) is 0 Å². The van der Waals surface area contributed by atoms with Crippen molar-refractivity contribution in [1.29, 1.82) is 0 Å². The molecular weight excluding hydrogens is 362 g/mol. The van der Waals surface area contributed by atoms with Crippen molar-refractivity contribution in [2.24, 2.45) is 5.41 Å². The summed E-state index contributed by atoms with van der Waals surface area (Å²) in [6.07, 6.45) is 3.02. The zero-order valence-corrected chi connectivity index (χ0v) is 16.5. The van der Waals surface area contributed by atoms with E-state index in [-0.39, 0.29) is 17.2 Å². The SMILES string of the molecule is Cc1cccc(N2CC3(CCN(C(=O)c4cnc5ccccc5c4)C3)CC2=O)c1. The van der Waals surface area contributed by atoms with Crippen LogP contribution in [0.4, 0.5) is 5.69 Å². The van der Waals surface area contributed by atoms with E-state index in [9.17, 15) is 9.59 Å². The van der Waals surface area contributed by atoms with Crippen molar-refractivity contribution < 1.29 is 9.59 Å². The van der Waals surface area contributed by atoms with Gasteiger partial charge in [-0.3, -0.25) is 14.6 Å². The molecule has 0 N–H and O–H groups in total. The summed E-state index contributed by atoms with van der Waals surface area (Å²) < 4.78 is 0. The highest BCUT2D eigenvalue weighted by Gasteiger charge is 2.48. The van der Waals surface area contributed by atoms with Crippen LogP contribution >= 0.6 is 0 Å². The quantitative estimate of drug-likeness (QED) is 0.674. The molecule has 2 aromatic carbocycles. The van der Waals surface area contributed by atoms with Gasteiger partial charge in [-0.2, -0.15) is 0 Å². The molecule has 2 aliphatic heterocycles. The molecule has 0 aliphatic carbocycles. The number of benzene rings is 2. The van der Waals surface area contributed by atoms with Crippen molar-refractivity contribution in [1.82, 2.24) is 9.88 Å². The van der Waals surface area contributed by atoms with E-state index >= 15 is 0 Å². The zero-order valence-electron chi connectivity index (χ0n) is 16.5. The first-order valence-corrected chi connectivity index (χ1v) is 10.0.